The highest BCUT2D eigenvalue weighted by Gasteiger charge is 2.17. The number of nitrogens with one attached hydrogen (secondary N) is 1. The second kappa shape index (κ2) is 10.2. The van der Waals surface area contributed by atoms with Gasteiger partial charge < -0.3 is 24.1 Å². The second-order valence-corrected chi connectivity index (χ2v) is 6.68. The minimum atomic E-state index is -0.498. The Bertz CT molecular complexity index is 1030. The molecule has 0 radical (unpaired) electrons. The van der Waals surface area contributed by atoms with Crippen molar-refractivity contribution in [1.29, 1.82) is 0 Å². The maximum Gasteiger partial charge on any atom is 0.308 e. The van der Waals surface area contributed by atoms with Gasteiger partial charge in [-0.2, -0.15) is 4.98 Å². The van der Waals surface area contributed by atoms with E-state index in [2.05, 4.69) is 15.5 Å². The number of methoxy groups -OCH3 is 2. The number of benzene rings is 2. The average Bonchev–Trinajstić information content (AvgIpc) is 3.26. The van der Waals surface area contributed by atoms with Crippen molar-refractivity contribution in [1.82, 2.24) is 15.5 Å². The summed E-state index contributed by atoms with van der Waals surface area (Å²) in [6, 6.07) is 13.6. The standard InChI is InChI=1S/C22H23N3O6/c1-14(23-22(27)15-7-5-4-6-8-15)11-20(26)30-13-19-24-21(25-31-19)17-10-9-16(28-2)12-18(17)29-3/h4-10,12,14H,11,13H2,1-3H3,(H,23,27). The molecule has 1 unspecified atom stereocenters. The normalized spacial score (nSPS) is 11.5. The topological polar surface area (TPSA) is 113 Å². The molecule has 3 aromatic rings. The number of amides is 1. The van der Waals surface area contributed by atoms with Crippen LogP contribution in [0, 0.1) is 0 Å². The molecule has 1 amide bonds. The lowest BCUT2D eigenvalue weighted by atomic mass is 10.2. The largest absolute Gasteiger partial charge is 0.497 e. The molecule has 0 aliphatic rings. The molecular formula is C22H23N3O6. The first-order chi connectivity index (χ1) is 15.0. The third-order valence-electron chi connectivity index (χ3n) is 4.36. The summed E-state index contributed by atoms with van der Waals surface area (Å²) in [5.41, 5.74) is 1.14. The molecule has 2 aromatic carbocycles. The fourth-order valence-electron chi connectivity index (χ4n) is 2.80. The summed E-state index contributed by atoms with van der Waals surface area (Å²) in [6.45, 7) is 1.55. The maximum absolute atomic E-state index is 12.1. The summed E-state index contributed by atoms with van der Waals surface area (Å²) in [6.07, 6.45) is 0.00582. The van der Waals surface area contributed by atoms with Crippen LogP contribution in [0.5, 0.6) is 11.5 Å². The second-order valence-electron chi connectivity index (χ2n) is 6.68. The van der Waals surface area contributed by atoms with E-state index in [1.54, 1.807) is 56.5 Å². The van der Waals surface area contributed by atoms with Crippen molar-refractivity contribution in [3.8, 4) is 22.9 Å². The molecule has 9 nitrogen and oxygen atoms in total. The highest BCUT2D eigenvalue weighted by Crippen LogP contribution is 2.31. The maximum atomic E-state index is 12.1. The van der Waals surface area contributed by atoms with Gasteiger partial charge in [0, 0.05) is 17.7 Å². The zero-order valence-electron chi connectivity index (χ0n) is 17.5. The van der Waals surface area contributed by atoms with Gasteiger partial charge in [0.1, 0.15) is 11.5 Å². The van der Waals surface area contributed by atoms with Crippen molar-refractivity contribution in [2.24, 2.45) is 0 Å². The third kappa shape index (κ3) is 5.81. The van der Waals surface area contributed by atoms with Gasteiger partial charge in [-0.15, -0.1) is 0 Å². The summed E-state index contributed by atoms with van der Waals surface area (Å²) in [4.78, 5) is 28.5. The van der Waals surface area contributed by atoms with Gasteiger partial charge in [0.15, 0.2) is 6.61 Å². The van der Waals surface area contributed by atoms with Gasteiger partial charge in [-0.25, -0.2) is 0 Å². The van der Waals surface area contributed by atoms with E-state index >= 15 is 0 Å². The van der Waals surface area contributed by atoms with Gasteiger partial charge in [-0.1, -0.05) is 23.4 Å². The number of nitrogens with zero attached hydrogens (tertiary/aromatic N) is 2. The molecule has 1 atom stereocenters. The van der Waals surface area contributed by atoms with Crippen LogP contribution in [-0.4, -0.2) is 42.3 Å². The third-order valence-corrected chi connectivity index (χ3v) is 4.36. The Labute approximate surface area is 179 Å². The Balaban J connectivity index is 1.52. The quantitative estimate of drug-likeness (QED) is 0.521. The first kappa shape index (κ1) is 21.8. The van der Waals surface area contributed by atoms with Gasteiger partial charge in [-0.05, 0) is 31.2 Å². The van der Waals surface area contributed by atoms with Crippen LogP contribution in [0.4, 0.5) is 0 Å². The number of carbonyl (C=O) groups excluding carboxylic acids is 2. The molecule has 1 N–H and O–H groups in total. The minimum absolute atomic E-state index is 0.00582. The van der Waals surface area contributed by atoms with E-state index in [4.69, 9.17) is 18.7 Å². The Morgan fingerprint density at radius 1 is 1.10 bits per heavy atom. The summed E-state index contributed by atoms with van der Waals surface area (Å²) in [5, 5.41) is 6.66. The Kier molecular flexibility index (Phi) is 7.21. The lowest BCUT2D eigenvalue weighted by Crippen LogP contribution is -2.34. The van der Waals surface area contributed by atoms with E-state index < -0.39 is 12.0 Å². The molecule has 0 saturated carbocycles. The first-order valence-corrected chi connectivity index (χ1v) is 9.56. The molecule has 1 aromatic heterocycles. The summed E-state index contributed by atoms with van der Waals surface area (Å²) in [5.74, 6) is 0.841. The smallest absolute Gasteiger partial charge is 0.308 e. The highest BCUT2D eigenvalue weighted by atomic mass is 16.6. The fraction of sp³-hybridized carbons (Fsp3) is 0.273. The van der Waals surface area contributed by atoms with Crippen LogP contribution < -0.4 is 14.8 Å². The minimum Gasteiger partial charge on any atom is -0.497 e. The summed E-state index contributed by atoms with van der Waals surface area (Å²) >= 11 is 0. The highest BCUT2D eigenvalue weighted by molar-refractivity contribution is 5.94. The molecule has 162 valence electrons. The van der Waals surface area contributed by atoms with Crippen molar-refractivity contribution in [3.05, 3.63) is 60.0 Å². The lowest BCUT2D eigenvalue weighted by molar-refractivity contribution is -0.146. The molecule has 0 aliphatic heterocycles. The number of ether oxygens (including phenoxy) is 3. The van der Waals surface area contributed by atoms with Crippen molar-refractivity contribution < 1.29 is 28.3 Å². The van der Waals surface area contributed by atoms with Crippen molar-refractivity contribution >= 4 is 11.9 Å². The molecule has 1 heterocycles. The number of aromatic nitrogens is 2. The van der Waals surface area contributed by atoms with Crippen LogP contribution >= 0.6 is 0 Å². The van der Waals surface area contributed by atoms with Crippen LogP contribution in [-0.2, 0) is 16.1 Å². The predicted molar refractivity (Wildman–Crippen MR) is 111 cm³/mol. The molecular weight excluding hydrogens is 402 g/mol. The monoisotopic (exact) mass is 425 g/mol. The van der Waals surface area contributed by atoms with E-state index in [0.717, 1.165) is 0 Å². The fourth-order valence-corrected chi connectivity index (χ4v) is 2.80. The summed E-state index contributed by atoms with van der Waals surface area (Å²) in [7, 11) is 3.09. The van der Waals surface area contributed by atoms with Gasteiger partial charge in [0.25, 0.3) is 11.8 Å². The van der Waals surface area contributed by atoms with Crippen LogP contribution in [0.15, 0.2) is 53.1 Å². The Morgan fingerprint density at radius 3 is 2.58 bits per heavy atom. The zero-order chi connectivity index (χ0) is 22.2. The van der Waals surface area contributed by atoms with Crippen molar-refractivity contribution in [2.45, 2.75) is 26.0 Å². The zero-order valence-corrected chi connectivity index (χ0v) is 17.5. The van der Waals surface area contributed by atoms with Crippen LogP contribution in [0.3, 0.4) is 0 Å². The van der Waals surface area contributed by atoms with Crippen molar-refractivity contribution in [3.63, 3.8) is 0 Å². The number of carbonyl (C=O) groups is 2. The van der Waals surface area contributed by atoms with Gasteiger partial charge in [0.05, 0.1) is 26.2 Å². The Morgan fingerprint density at radius 2 is 1.87 bits per heavy atom. The summed E-state index contributed by atoms with van der Waals surface area (Å²) < 4.78 is 20.9. The number of esters is 1. The first-order valence-electron chi connectivity index (χ1n) is 9.56. The molecule has 0 fully saturated rings. The van der Waals surface area contributed by atoms with Gasteiger partial charge in [0.2, 0.25) is 5.82 Å². The van der Waals surface area contributed by atoms with Gasteiger partial charge >= 0.3 is 5.97 Å². The number of rotatable bonds is 9. The Hall–Kier alpha value is -3.88. The van der Waals surface area contributed by atoms with Gasteiger partial charge in [-0.3, -0.25) is 9.59 Å². The van der Waals surface area contributed by atoms with E-state index in [1.807, 2.05) is 6.07 Å². The lowest BCUT2D eigenvalue weighted by Gasteiger charge is -2.13. The van der Waals surface area contributed by atoms with Crippen LogP contribution in [0.1, 0.15) is 29.6 Å². The molecule has 0 saturated heterocycles. The molecule has 9 heteroatoms. The van der Waals surface area contributed by atoms with E-state index in [0.29, 0.717) is 28.5 Å². The molecule has 0 spiro atoms. The molecule has 3 rings (SSSR count). The number of hydrogen-bond acceptors (Lipinski definition) is 8. The van der Waals surface area contributed by atoms with E-state index in [1.165, 1.54) is 7.11 Å². The predicted octanol–water partition coefficient (Wildman–Crippen LogP) is 3.01. The van der Waals surface area contributed by atoms with Crippen LogP contribution in [0.25, 0.3) is 11.4 Å². The molecule has 0 bridgehead atoms. The SMILES string of the molecule is COc1ccc(-c2noc(COC(=O)CC(C)NC(=O)c3ccccc3)n2)c(OC)c1. The van der Waals surface area contributed by atoms with Crippen molar-refractivity contribution in [2.75, 3.05) is 14.2 Å². The average molecular weight is 425 g/mol. The molecule has 0 aliphatic carbocycles. The molecule has 31 heavy (non-hydrogen) atoms. The number of hydrogen-bond donors (Lipinski definition) is 1. The van der Waals surface area contributed by atoms with E-state index in [9.17, 15) is 9.59 Å². The van der Waals surface area contributed by atoms with Crippen LogP contribution in [0.2, 0.25) is 0 Å². The van der Waals surface area contributed by atoms with E-state index in [-0.39, 0.29) is 24.8 Å².